The van der Waals surface area contributed by atoms with Crippen LogP contribution in [0.15, 0.2) is 54.6 Å². The zero-order chi connectivity index (χ0) is 20.1. The van der Waals surface area contributed by atoms with Crippen LogP contribution in [0.2, 0.25) is 0 Å². The molecule has 6 heteroatoms. The highest BCUT2D eigenvalue weighted by Crippen LogP contribution is 2.38. The second-order valence-electron chi connectivity index (χ2n) is 7.83. The highest BCUT2D eigenvalue weighted by molar-refractivity contribution is 5.97. The number of benzene rings is 3. The molecule has 4 rings (SSSR count). The van der Waals surface area contributed by atoms with Crippen LogP contribution >= 0.6 is 0 Å². The number of hydrogen-bond acceptors (Lipinski definition) is 3. The summed E-state index contributed by atoms with van der Waals surface area (Å²) in [6.07, 6.45) is -4.51. The topological polar surface area (TPSA) is 38.7 Å². The second kappa shape index (κ2) is 6.26. The van der Waals surface area contributed by atoms with Crippen molar-refractivity contribution in [2.75, 3.05) is 0 Å². The van der Waals surface area contributed by atoms with Crippen LogP contribution in [-0.2, 0) is 11.6 Å². The number of rotatable bonds is 1. The minimum atomic E-state index is -4.51. The molecule has 1 aromatic heterocycles. The Balaban J connectivity index is 2.05. The van der Waals surface area contributed by atoms with Crippen LogP contribution < -0.4 is 0 Å². The molecule has 0 aliphatic heterocycles. The summed E-state index contributed by atoms with van der Waals surface area (Å²) in [5.41, 5.74) is 1.07. The van der Waals surface area contributed by atoms with Gasteiger partial charge in [0.15, 0.2) is 0 Å². The number of aromatic nitrogens is 3. The Morgan fingerprint density at radius 3 is 2.18 bits per heavy atom. The van der Waals surface area contributed by atoms with Gasteiger partial charge in [0.2, 0.25) is 0 Å². The average Bonchev–Trinajstić information content (AvgIpc) is 2.64. The molecule has 3 aromatic carbocycles. The summed E-state index contributed by atoms with van der Waals surface area (Å²) >= 11 is 0. The van der Waals surface area contributed by atoms with E-state index in [0.717, 1.165) is 28.0 Å². The zero-order valence-electron chi connectivity index (χ0n) is 15.7. The molecule has 0 saturated carbocycles. The molecule has 0 bridgehead atoms. The summed E-state index contributed by atoms with van der Waals surface area (Å²) in [6, 6.07) is 15.9. The maximum atomic E-state index is 13.4. The van der Waals surface area contributed by atoms with Gasteiger partial charge in [0, 0.05) is 10.9 Å². The van der Waals surface area contributed by atoms with Gasteiger partial charge in [-0.05, 0) is 45.2 Å². The fourth-order valence-electron chi connectivity index (χ4n) is 3.52. The first-order valence-electron chi connectivity index (χ1n) is 8.89. The van der Waals surface area contributed by atoms with Crippen molar-refractivity contribution in [3.63, 3.8) is 0 Å². The maximum Gasteiger partial charge on any atom is 0.418 e. The summed E-state index contributed by atoms with van der Waals surface area (Å²) in [5.74, 6) is 0. The Labute approximate surface area is 160 Å². The molecule has 4 aromatic rings. The van der Waals surface area contributed by atoms with Crippen molar-refractivity contribution in [1.82, 2.24) is 15.4 Å². The van der Waals surface area contributed by atoms with Crippen molar-refractivity contribution in [3.05, 3.63) is 65.7 Å². The molecule has 0 amide bonds. The Kier molecular flexibility index (Phi) is 4.10. The van der Waals surface area contributed by atoms with Gasteiger partial charge in [0.05, 0.1) is 5.56 Å². The van der Waals surface area contributed by atoms with Gasteiger partial charge in [-0.15, -0.1) is 10.2 Å². The van der Waals surface area contributed by atoms with Crippen molar-refractivity contribution < 1.29 is 13.2 Å². The number of fused-ring (bicyclic) bond motifs is 2. The van der Waals surface area contributed by atoms with Crippen molar-refractivity contribution >= 4 is 21.7 Å². The molecular formula is C22H18F3N3. The largest absolute Gasteiger partial charge is 0.418 e. The maximum absolute atomic E-state index is 13.4. The normalized spacial score (nSPS) is 12.6. The van der Waals surface area contributed by atoms with Crippen LogP contribution in [0.3, 0.4) is 0 Å². The van der Waals surface area contributed by atoms with E-state index in [2.05, 4.69) is 42.2 Å². The molecule has 0 spiro atoms. The minimum absolute atomic E-state index is 0.150. The van der Waals surface area contributed by atoms with Gasteiger partial charge in [-0.2, -0.15) is 13.2 Å². The molecule has 1 heterocycles. The van der Waals surface area contributed by atoms with Crippen LogP contribution in [0.4, 0.5) is 13.2 Å². The minimum Gasteiger partial charge on any atom is -0.166 e. The van der Waals surface area contributed by atoms with E-state index in [4.69, 9.17) is 0 Å². The summed E-state index contributed by atoms with van der Waals surface area (Å²) in [7, 11) is 0. The third-order valence-corrected chi connectivity index (χ3v) is 4.83. The van der Waals surface area contributed by atoms with Crippen LogP contribution in [0.25, 0.3) is 32.9 Å². The monoisotopic (exact) mass is 381 g/mol. The standard InChI is InChI=1S/C22H18F3N3/c1-21(2,3)18-12-14(11-13-7-4-5-8-15(13)18)19-16-9-6-10-17(22(23,24)25)20(16)27-28-26-19/h4-12H,1-3H3. The predicted octanol–water partition coefficient (Wildman–Crippen LogP) is 6.16. The van der Waals surface area contributed by atoms with Gasteiger partial charge in [0.1, 0.15) is 11.2 Å². The number of nitrogens with zero attached hydrogens (tertiary/aromatic N) is 3. The average molecular weight is 381 g/mol. The molecular weight excluding hydrogens is 363 g/mol. The van der Waals surface area contributed by atoms with E-state index in [1.54, 1.807) is 6.07 Å². The van der Waals surface area contributed by atoms with E-state index < -0.39 is 11.7 Å². The summed E-state index contributed by atoms with van der Waals surface area (Å²) in [6.45, 7) is 6.32. The lowest BCUT2D eigenvalue weighted by molar-refractivity contribution is -0.136. The lowest BCUT2D eigenvalue weighted by Gasteiger charge is -2.23. The summed E-state index contributed by atoms with van der Waals surface area (Å²) in [5, 5.41) is 13.9. The van der Waals surface area contributed by atoms with Gasteiger partial charge < -0.3 is 0 Å². The lowest BCUT2D eigenvalue weighted by Crippen LogP contribution is -2.12. The number of alkyl halides is 3. The van der Waals surface area contributed by atoms with Gasteiger partial charge in [0.25, 0.3) is 0 Å². The van der Waals surface area contributed by atoms with Crippen molar-refractivity contribution in [2.24, 2.45) is 0 Å². The predicted molar refractivity (Wildman–Crippen MR) is 104 cm³/mol. The van der Waals surface area contributed by atoms with E-state index in [1.807, 2.05) is 30.3 Å². The van der Waals surface area contributed by atoms with Gasteiger partial charge in [-0.3, -0.25) is 0 Å². The first-order chi connectivity index (χ1) is 13.2. The Morgan fingerprint density at radius 2 is 1.46 bits per heavy atom. The molecule has 0 atom stereocenters. The van der Waals surface area contributed by atoms with Crippen LogP contribution in [0, 0.1) is 0 Å². The zero-order valence-corrected chi connectivity index (χ0v) is 15.7. The molecule has 0 aliphatic carbocycles. The van der Waals surface area contributed by atoms with E-state index in [0.29, 0.717) is 11.1 Å². The van der Waals surface area contributed by atoms with Gasteiger partial charge in [-0.1, -0.05) is 57.2 Å². The highest BCUT2D eigenvalue weighted by atomic mass is 19.4. The second-order valence-corrected chi connectivity index (χ2v) is 7.83. The van der Waals surface area contributed by atoms with Gasteiger partial charge in [-0.25, -0.2) is 0 Å². The van der Waals surface area contributed by atoms with E-state index in [-0.39, 0.29) is 10.9 Å². The number of hydrogen-bond donors (Lipinski definition) is 0. The van der Waals surface area contributed by atoms with Crippen LogP contribution in [0.1, 0.15) is 31.9 Å². The Bertz CT molecular complexity index is 1190. The third kappa shape index (κ3) is 3.09. The van der Waals surface area contributed by atoms with Crippen LogP contribution in [-0.4, -0.2) is 15.4 Å². The fraction of sp³-hybridized carbons (Fsp3) is 0.227. The molecule has 142 valence electrons. The molecule has 0 unspecified atom stereocenters. The highest BCUT2D eigenvalue weighted by Gasteiger charge is 2.34. The van der Waals surface area contributed by atoms with E-state index in [1.165, 1.54) is 6.07 Å². The van der Waals surface area contributed by atoms with E-state index in [9.17, 15) is 13.2 Å². The van der Waals surface area contributed by atoms with Crippen molar-refractivity contribution in [3.8, 4) is 11.3 Å². The van der Waals surface area contributed by atoms with Crippen LogP contribution in [0.5, 0.6) is 0 Å². The summed E-state index contributed by atoms with van der Waals surface area (Å²) in [4.78, 5) is 0. The smallest absolute Gasteiger partial charge is 0.166 e. The molecule has 28 heavy (non-hydrogen) atoms. The van der Waals surface area contributed by atoms with Crippen molar-refractivity contribution in [1.29, 1.82) is 0 Å². The fourth-order valence-corrected chi connectivity index (χ4v) is 3.52. The molecule has 0 aliphatic rings. The molecule has 0 radical (unpaired) electrons. The first-order valence-corrected chi connectivity index (χ1v) is 8.89. The van der Waals surface area contributed by atoms with E-state index >= 15 is 0 Å². The van der Waals surface area contributed by atoms with Gasteiger partial charge >= 0.3 is 6.18 Å². The Hall–Kier alpha value is -3.02. The molecule has 0 N–H and O–H groups in total. The third-order valence-electron chi connectivity index (χ3n) is 4.83. The SMILES string of the molecule is CC(C)(C)c1cc(-c2nnnc3c(C(F)(F)F)cccc23)cc2ccccc12. The molecule has 3 nitrogen and oxygen atoms in total. The molecule has 0 saturated heterocycles. The first kappa shape index (κ1) is 18.3. The molecule has 0 fully saturated rings. The Morgan fingerprint density at radius 1 is 0.750 bits per heavy atom. The summed E-state index contributed by atoms with van der Waals surface area (Å²) < 4.78 is 40.2. The number of halogens is 3. The van der Waals surface area contributed by atoms with Crippen molar-refractivity contribution in [2.45, 2.75) is 32.4 Å². The lowest BCUT2D eigenvalue weighted by atomic mass is 9.82. The quantitative estimate of drug-likeness (QED) is 0.396.